The number of hydrogen-bond donors (Lipinski definition) is 0. The number of ketones is 1. The number of hydrogen-bond acceptors (Lipinski definition) is 4. The van der Waals surface area contributed by atoms with Crippen LogP contribution in [0.25, 0.3) is 0 Å². The van der Waals surface area contributed by atoms with E-state index in [1.54, 1.807) is 7.11 Å². The summed E-state index contributed by atoms with van der Waals surface area (Å²) in [4.78, 5) is 13.0. The first-order valence-electron chi connectivity index (χ1n) is 10.5. The molecule has 3 aromatic rings. The van der Waals surface area contributed by atoms with Gasteiger partial charge >= 0.3 is 0 Å². The number of rotatable bonds is 8. The van der Waals surface area contributed by atoms with Crippen molar-refractivity contribution in [2.24, 2.45) is 0 Å². The maximum atomic E-state index is 13.0. The predicted molar refractivity (Wildman–Crippen MR) is 125 cm³/mol. The molecule has 3 aromatic carbocycles. The average Bonchev–Trinajstić information content (AvgIpc) is 2.80. The van der Waals surface area contributed by atoms with Gasteiger partial charge in [0.25, 0.3) is 0 Å². The molecular weight excluding hydrogens is 456 g/mol. The van der Waals surface area contributed by atoms with Crippen LogP contribution in [0.2, 0.25) is 0 Å². The van der Waals surface area contributed by atoms with Gasteiger partial charge in [-0.3, -0.25) is 4.79 Å². The largest absolute Gasteiger partial charge is 0.497 e. The molecule has 0 radical (unpaired) electrons. The van der Waals surface area contributed by atoms with Crippen molar-refractivity contribution in [3.63, 3.8) is 0 Å². The monoisotopic (exact) mass is 480 g/mol. The van der Waals surface area contributed by atoms with Crippen LogP contribution in [-0.2, 0) is 6.42 Å². The number of methoxy groups -OCH3 is 1. The fraction of sp³-hybridized carbons (Fsp3) is 0.269. The van der Waals surface area contributed by atoms with Crippen molar-refractivity contribution >= 4 is 21.7 Å². The highest BCUT2D eigenvalue weighted by Crippen LogP contribution is 2.35. The Morgan fingerprint density at radius 3 is 2.45 bits per heavy atom. The molecule has 0 aromatic heterocycles. The van der Waals surface area contributed by atoms with E-state index in [9.17, 15) is 4.79 Å². The van der Waals surface area contributed by atoms with Crippen molar-refractivity contribution in [2.45, 2.75) is 25.2 Å². The van der Waals surface area contributed by atoms with Gasteiger partial charge in [0, 0.05) is 10.5 Å². The summed E-state index contributed by atoms with van der Waals surface area (Å²) in [6.45, 7) is 0.965. The molecule has 0 spiro atoms. The summed E-state index contributed by atoms with van der Waals surface area (Å²) in [7, 11) is 1.63. The Morgan fingerprint density at radius 1 is 0.968 bits per heavy atom. The average molecular weight is 481 g/mol. The fourth-order valence-electron chi connectivity index (χ4n) is 3.71. The molecule has 160 valence electrons. The minimum absolute atomic E-state index is 0.0764. The summed E-state index contributed by atoms with van der Waals surface area (Å²) < 4.78 is 18.1. The standard InChI is InChI=1S/C26H25BrO4/c1-29-21-11-7-19(8-12-21)24-17-31-25-16-22(13-14-23(25)26(24)28)30-15-3-2-4-18-5-9-20(27)10-6-18/h5-14,16,24H,2-4,15,17H2,1H3. The Balaban J connectivity index is 1.30. The zero-order valence-corrected chi connectivity index (χ0v) is 19.1. The molecule has 1 aliphatic heterocycles. The number of carbonyl (C=O) groups is 1. The minimum Gasteiger partial charge on any atom is -0.497 e. The quantitative estimate of drug-likeness (QED) is 0.359. The number of aryl methyl sites for hydroxylation is 1. The summed E-state index contributed by atoms with van der Waals surface area (Å²) in [5, 5.41) is 0. The Morgan fingerprint density at radius 2 is 1.71 bits per heavy atom. The van der Waals surface area contributed by atoms with Crippen LogP contribution in [0.1, 0.15) is 40.2 Å². The summed E-state index contributed by atoms with van der Waals surface area (Å²) >= 11 is 3.46. The van der Waals surface area contributed by atoms with E-state index in [1.165, 1.54) is 5.56 Å². The van der Waals surface area contributed by atoms with Crippen molar-refractivity contribution in [1.29, 1.82) is 0 Å². The topological polar surface area (TPSA) is 44.8 Å². The van der Waals surface area contributed by atoms with Crippen LogP contribution in [0.15, 0.2) is 71.2 Å². The van der Waals surface area contributed by atoms with Gasteiger partial charge in [0.1, 0.15) is 23.9 Å². The minimum atomic E-state index is -0.302. The molecule has 1 atom stereocenters. The van der Waals surface area contributed by atoms with Gasteiger partial charge in [0.05, 0.1) is 25.2 Å². The smallest absolute Gasteiger partial charge is 0.177 e. The molecule has 0 bridgehead atoms. The Labute approximate surface area is 191 Å². The molecule has 0 amide bonds. The third kappa shape index (κ3) is 5.28. The summed E-state index contributed by atoms with van der Waals surface area (Å²) in [6, 6.07) is 21.5. The molecule has 31 heavy (non-hydrogen) atoms. The highest BCUT2D eigenvalue weighted by molar-refractivity contribution is 9.10. The van der Waals surface area contributed by atoms with Crippen LogP contribution in [0.5, 0.6) is 17.2 Å². The Kier molecular flexibility index (Phi) is 6.92. The van der Waals surface area contributed by atoms with E-state index in [0.717, 1.165) is 40.8 Å². The molecule has 0 N–H and O–H groups in total. The highest BCUT2D eigenvalue weighted by atomic mass is 79.9. The van der Waals surface area contributed by atoms with Crippen molar-refractivity contribution < 1.29 is 19.0 Å². The molecule has 1 heterocycles. The predicted octanol–water partition coefficient (Wildman–Crippen LogP) is 6.22. The molecule has 0 saturated heterocycles. The molecule has 0 saturated carbocycles. The summed E-state index contributed by atoms with van der Waals surface area (Å²) in [6.07, 6.45) is 3.06. The van der Waals surface area contributed by atoms with Gasteiger partial charge in [-0.25, -0.2) is 0 Å². The van der Waals surface area contributed by atoms with E-state index in [1.807, 2.05) is 42.5 Å². The van der Waals surface area contributed by atoms with E-state index < -0.39 is 0 Å². The molecule has 4 rings (SSSR count). The van der Waals surface area contributed by atoms with Gasteiger partial charge in [0.2, 0.25) is 0 Å². The lowest BCUT2D eigenvalue weighted by molar-refractivity contribution is 0.0896. The first-order chi connectivity index (χ1) is 15.1. The number of ether oxygens (including phenoxy) is 3. The lowest BCUT2D eigenvalue weighted by Gasteiger charge is -2.25. The number of Topliss-reactive ketones (excluding diaryl/α,β-unsaturated/α-hetero) is 1. The maximum Gasteiger partial charge on any atom is 0.177 e. The number of fused-ring (bicyclic) bond motifs is 1. The zero-order valence-electron chi connectivity index (χ0n) is 17.5. The van der Waals surface area contributed by atoms with E-state index in [0.29, 0.717) is 24.5 Å². The lowest BCUT2D eigenvalue weighted by atomic mass is 9.89. The third-order valence-electron chi connectivity index (χ3n) is 5.50. The number of benzene rings is 3. The lowest BCUT2D eigenvalue weighted by Crippen LogP contribution is -2.26. The second kappa shape index (κ2) is 10.0. The summed E-state index contributed by atoms with van der Waals surface area (Å²) in [5.74, 6) is 1.88. The van der Waals surface area contributed by atoms with Gasteiger partial charge in [-0.15, -0.1) is 0 Å². The van der Waals surface area contributed by atoms with Gasteiger partial charge in [-0.05, 0) is 66.8 Å². The molecule has 0 fully saturated rings. The Bertz CT molecular complexity index is 1030. The first-order valence-corrected chi connectivity index (χ1v) is 11.3. The molecule has 4 nitrogen and oxygen atoms in total. The normalized spacial score (nSPS) is 15.2. The van der Waals surface area contributed by atoms with Crippen LogP contribution in [0, 0.1) is 0 Å². The van der Waals surface area contributed by atoms with E-state index >= 15 is 0 Å². The second-order valence-corrected chi connectivity index (χ2v) is 8.51. The van der Waals surface area contributed by atoms with Crippen molar-refractivity contribution in [3.05, 3.63) is 87.9 Å². The highest BCUT2D eigenvalue weighted by Gasteiger charge is 2.30. The van der Waals surface area contributed by atoms with Crippen LogP contribution in [0.3, 0.4) is 0 Å². The van der Waals surface area contributed by atoms with Gasteiger partial charge in [-0.1, -0.05) is 40.2 Å². The van der Waals surface area contributed by atoms with E-state index in [4.69, 9.17) is 14.2 Å². The second-order valence-electron chi connectivity index (χ2n) is 7.59. The van der Waals surface area contributed by atoms with Crippen molar-refractivity contribution in [3.8, 4) is 17.2 Å². The van der Waals surface area contributed by atoms with Crippen LogP contribution < -0.4 is 14.2 Å². The SMILES string of the molecule is COc1ccc(C2COc3cc(OCCCCc4ccc(Br)cc4)ccc3C2=O)cc1. The first kappa shape index (κ1) is 21.4. The van der Waals surface area contributed by atoms with Gasteiger partial charge in [0.15, 0.2) is 5.78 Å². The van der Waals surface area contributed by atoms with Crippen molar-refractivity contribution in [1.82, 2.24) is 0 Å². The molecule has 1 aliphatic rings. The van der Waals surface area contributed by atoms with Gasteiger partial charge < -0.3 is 14.2 Å². The number of halogens is 1. The number of carbonyl (C=O) groups excluding carboxylic acids is 1. The van der Waals surface area contributed by atoms with Crippen LogP contribution in [-0.4, -0.2) is 26.1 Å². The molecule has 5 heteroatoms. The van der Waals surface area contributed by atoms with Crippen LogP contribution >= 0.6 is 15.9 Å². The Hall–Kier alpha value is -2.79. The fourth-order valence-corrected chi connectivity index (χ4v) is 3.97. The third-order valence-corrected chi connectivity index (χ3v) is 6.03. The van der Waals surface area contributed by atoms with Crippen molar-refractivity contribution in [2.75, 3.05) is 20.3 Å². The summed E-state index contributed by atoms with van der Waals surface area (Å²) in [5.41, 5.74) is 2.87. The maximum absolute atomic E-state index is 13.0. The van der Waals surface area contributed by atoms with E-state index in [2.05, 4.69) is 40.2 Å². The molecule has 0 aliphatic carbocycles. The zero-order chi connectivity index (χ0) is 21.6. The number of unbranched alkanes of at least 4 members (excludes halogenated alkanes) is 1. The molecular formula is C26H25BrO4. The van der Waals surface area contributed by atoms with Crippen LogP contribution in [0.4, 0.5) is 0 Å². The molecule has 1 unspecified atom stereocenters. The van der Waals surface area contributed by atoms with Gasteiger partial charge in [-0.2, -0.15) is 0 Å². The van der Waals surface area contributed by atoms with E-state index in [-0.39, 0.29) is 11.7 Å².